The van der Waals surface area contributed by atoms with Crippen molar-refractivity contribution in [3.8, 4) is 11.4 Å². The lowest BCUT2D eigenvalue weighted by molar-refractivity contribution is 0.414. The van der Waals surface area contributed by atoms with Gasteiger partial charge in [-0.3, -0.25) is 0 Å². The van der Waals surface area contributed by atoms with Crippen LogP contribution in [0.1, 0.15) is 24.2 Å². The predicted octanol–water partition coefficient (Wildman–Crippen LogP) is 2.21. The van der Waals surface area contributed by atoms with E-state index in [1.165, 1.54) is 0 Å². The molecule has 90 valence electrons. The van der Waals surface area contributed by atoms with Crippen molar-refractivity contribution < 1.29 is 4.74 Å². The second kappa shape index (κ2) is 4.59. The van der Waals surface area contributed by atoms with E-state index in [1.54, 1.807) is 19.6 Å². The number of nitrogens with zero attached hydrogens (tertiary/aromatic N) is 2. The maximum Gasteiger partial charge on any atom is 0.119 e. The monoisotopic (exact) mass is 231 g/mol. The molecule has 4 nitrogen and oxygen atoms in total. The van der Waals surface area contributed by atoms with E-state index in [0.717, 1.165) is 22.7 Å². The van der Waals surface area contributed by atoms with Crippen LogP contribution in [0.2, 0.25) is 0 Å². The number of ether oxygens (including phenoxy) is 1. The van der Waals surface area contributed by atoms with Gasteiger partial charge in [0.2, 0.25) is 0 Å². The zero-order chi connectivity index (χ0) is 12.4. The Balaban J connectivity index is 2.49. The summed E-state index contributed by atoms with van der Waals surface area (Å²) in [6, 6.07) is 5.91. The predicted molar refractivity (Wildman–Crippen MR) is 67.5 cm³/mol. The fourth-order valence-electron chi connectivity index (χ4n) is 1.87. The van der Waals surface area contributed by atoms with Gasteiger partial charge in [-0.1, -0.05) is 0 Å². The Kier molecular flexibility index (Phi) is 3.15. The first-order chi connectivity index (χ1) is 8.13. The molecule has 0 fully saturated rings. The molecule has 1 heterocycles. The highest BCUT2D eigenvalue weighted by atomic mass is 16.5. The van der Waals surface area contributed by atoms with E-state index in [-0.39, 0.29) is 6.04 Å². The number of hydrogen-bond donors (Lipinski definition) is 1. The molecule has 0 spiro atoms. The maximum absolute atomic E-state index is 5.92. The fourth-order valence-corrected chi connectivity index (χ4v) is 1.87. The van der Waals surface area contributed by atoms with E-state index < -0.39 is 0 Å². The van der Waals surface area contributed by atoms with Crippen LogP contribution >= 0.6 is 0 Å². The lowest BCUT2D eigenvalue weighted by atomic mass is 10.1. The van der Waals surface area contributed by atoms with Crippen LogP contribution in [0.15, 0.2) is 30.7 Å². The van der Waals surface area contributed by atoms with Crippen molar-refractivity contribution in [2.75, 3.05) is 7.11 Å². The normalized spacial score (nSPS) is 12.5. The number of methoxy groups -OCH3 is 1. The Hall–Kier alpha value is -1.81. The summed E-state index contributed by atoms with van der Waals surface area (Å²) in [6.07, 6.45) is 3.59. The molecule has 1 aromatic heterocycles. The van der Waals surface area contributed by atoms with Crippen molar-refractivity contribution in [2.45, 2.75) is 19.9 Å². The summed E-state index contributed by atoms with van der Waals surface area (Å²) < 4.78 is 7.21. The summed E-state index contributed by atoms with van der Waals surface area (Å²) in [5, 5.41) is 0. The standard InChI is InChI=1S/C13H17N3O/c1-9-6-11(17-3)4-5-12(9)16-8-15-7-13(16)10(2)14/h4-8,10H,14H2,1-3H3. The van der Waals surface area contributed by atoms with Gasteiger partial charge in [0.25, 0.3) is 0 Å². The molecule has 2 aromatic rings. The Morgan fingerprint density at radius 3 is 2.76 bits per heavy atom. The molecular weight excluding hydrogens is 214 g/mol. The Morgan fingerprint density at radius 2 is 2.18 bits per heavy atom. The second-order valence-corrected chi connectivity index (χ2v) is 4.13. The van der Waals surface area contributed by atoms with Gasteiger partial charge in [-0.05, 0) is 37.6 Å². The summed E-state index contributed by atoms with van der Waals surface area (Å²) in [7, 11) is 1.67. The van der Waals surface area contributed by atoms with Crippen LogP contribution in [0, 0.1) is 6.92 Å². The van der Waals surface area contributed by atoms with Crippen molar-refractivity contribution >= 4 is 0 Å². The first kappa shape index (κ1) is 11.7. The van der Waals surface area contributed by atoms with Crippen molar-refractivity contribution in [1.82, 2.24) is 9.55 Å². The summed E-state index contributed by atoms with van der Waals surface area (Å²) >= 11 is 0. The van der Waals surface area contributed by atoms with E-state index in [4.69, 9.17) is 10.5 Å². The highest BCUT2D eigenvalue weighted by Crippen LogP contribution is 2.23. The Labute approximate surface area is 101 Å². The average molecular weight is 231 g/mol. The van der Waals surface area contributed by atoms with Gasteiger partial charge in [0.15, 0.2) is 0 Å². The molecule has 0 amide bonds. The minimum absolute atomic E-state index is 0.0426. The molecule has 2 rings (SSSR count). The molecule has 0 radical (unpaired) electrons. The van der Waals surface area contributed by atoms with Crippen LogP contribution in [0.25, 0.3) is 5.69 Å². The van der Waals surface area contributed by atoms with Crippen LogP contribution in [0.4, 0.5) is 0 Å². The summed E-state index contributed by atoms with van der Waals surface area (Å²) in [4.78, 5) is 4.16. The molecule has 0 aliphatic rings. The number of imidazole rings is 1. The van der Waals surface area contributed by atoms with Crippen molar-refractivity contribution in [2.24, 2.45) is 5.73 Å². The lowest BCUT2D eigenvalue weighted by Gasteiger charge is -2.13. The Bertz CT molecular complexity index is 517. The van der Waals surface area contributed by atoms with E-state index >= 15 is 0 Å². The molecular formula is C13H17N3O. The molecule has 17 heavy (non-hydrogen) atoms. The van der Waals surface area contributed by atoms with E-state index in [9.17, 15) is 0 Å². The first-order valence-corrected chi connectivity index (χ1v) is 5.56. The molecule has 4 heteroatoms. The summed E-state index contributed by atoms with van der Waals surface area (Å²) in [5.74, 6) is 0.855. The van der Waals surface area contributed by atoms with Gasteiger partial charge in [0, 0.05) is 6.04 Å². The van der Waals surface area contributed by atoms with Crippen LogP contribution in [0.5, 0.6) is 5.75 Å². The van der Waals surface area contributed by atoms with Crippen LogP contribution in [-0.2, 0) is 0 Å². The van der Waals surface area contributed by atoms with Gasteiger partial charge < -0.3 is 15.0 Å². The quantitative estimate of drug-likeness (QED) is 0.881. The minimum atomic E-state index is -0.0426. The zero-order valence-electron chi connectivity index (χ0n) is 10.3. The maximum atomic E-state index is 5.92. The van der Waals surface area contributed by atoms with Crippen molar-refractivity contribution in [3.63, 3.8) is 0 Å². The van der Waals surface area contributed by atoms with E-state index in [0.29, 0.717) is 0 Å². The second-order valence-electron chi connectivity index (χ2n) is 4.13. The molecule has 1 atom stereocenters. The van der Waals surface area contributed by atoms with Crippen molar-refractivity contribution in [1.29, 1.82) is 0 Å². The fraction of sp³-hybridized carbons (Fsp3) is 0.308. The largest absolute Gasteiger partial charge is 0.497 e. The summed E-state index contributed by atoms with van der Waals surface area (Å²) in [6.45, 7) is 4.00. The topological polar surface area (TPSA) is 53.1 Å². The van der Waals surface area contributed by atoms with Crippen molar-refractivity contribution in [3.05, 3.63) is 42.0 Å². The number of nitrogens with two attached hydrogens (primary N) is 1. The third-order valence-corrected chi connectivity index (χ3v) is 2.80. The zero-order valence-corrected chi connectivity index (χ0v) is 10.3. The molecule has 2 N–H and O–H groups in total. The first-order valence-electron chi connectivity index (χ1n) is 5.56. The minimum Gasteiger partial charge on any atom is -0.497 e. The number of benzene rings is 1. The molecule has 1 unspecified atom stereocenters. The van der Waals surface area contributed by atoms with Gasteiger partial charge in [0.05, 0.1) is 31.0 Å². The Morgan fingerprint density at radius 1 is 1.41 bits per heavy atom. The van der Waals surface area contributed by atoms with Crippen LogP contribution < -0.4 is 10.5 Å². The van der Waals surface area contributed by atoms with Gasteiger partial charge in [-0.25, -0.2) is 4.98 Å². The lowest BCUT2D eigenvalue weighted by Crippen LogP contribution is -2.11. The molecule has 0 aliphatic heterocycles. The average Bonchev–Trinajstić information content (AvgIpc) is 2.77. The van der Waals surface area contributed by atoms with Crippen LogP contribution in [-0.4, -0.2) is 16.7 Å². The number of rotatable bonds is 3. The summed E-state index contributed by atoms with van der Waals surface area (Å²) in [5.41, 5.74) is 9.12. The highest BCUT2D eigenvalue weighted by Gasteiger charge is 2.10. The number of hydrogen-bond acceptors (Lipinski definition) is 3. The molecule has 0 aliphatic carbocycles. The highest BCUT2D eigenvalue weighted by molar-refractivity contribution is 5.46. The number of aryl methyl sites for hydroxylation is 1. The molecule has 1 aromatic carbocycles. The molecule has 0 saturated carbocycles. The van der Waals surface area contributed by atoms with Gasteiger partial charge in [0.1, 0.15) is 5.75 Å². The van der Waals surface area contributed by atoms with E-state index in [1.807, 2.05) is 36.6 Å². The van der Waals surface area contributed by atoms with Gasteiger partial charge in [-0.2, -0.15) is 0 Å². The molecule has 0 bridgehead atoms. The SMILES string of the molecule is COc1ccc(-n2cncc2C(C)N)c(C)c1. The van der Waals surface area contributed by atoms with E-state index in [2.05, 4.69) is 4.98 Å². The number of aromatic nitrogens is 2. The van der Waals surface area contributed by atoms with Gasteiger partial charge in [-0.15, -0.1) is 0 Å². The molecule has 0 saturated heterocycles. The smallest absolute Gasteiger partial charge is 0.119 e. The third-order valence-electron chi connectivity index (χ3n) is 2.80. The van der Waals surface area contributed by atoms with Gasteiger partial charge >= 0.3 is 0 Å². The van der Waals surface area contributed by atoms with Crippen LogP contribution in [0.3, 0.4) is 0 Å². The third kappa shape index (κ3) is 2.17.